The van der Waals surface area contributed by atoms with Crippen molar-refractivity contribution in [2.45, 2.75) is 6.54 Å². The highest BCUT2D eigenvalue weighted by Gasteiger charge is 2.12. The van der Waals surface area contributed by atoms with E-state index in [1.165, 1.54) is 23.9 Å². The summed E-state index contributed by atoms with van der Waals surface area (Å²) in [4.78, 5) is 22.9. The van der Waals surface area contributed by atoms with Crippen LogP contribution in [-0.2, 0) is 11.3 Å². The average molecular weight is 309 g/mol. The van der Waals surface area contributed by atoms with Gasteiger partial charge in [-0.3, -0.25) is 4.79 Å². The number of amides is 1. The Hall–Kier alpha value is -2.47. The molecule has 0 unspecified atom stereocenters. The fraction of sp³-hybridized carbons (Fsp3) is 0.143. The summed E-state index contributed by atoms with van der Waals surface area (Å²) in [7, 11) is 1.50. The minimum Gasteiger partial charge on any atom is -0.495 e. The van der Waals surface area contributed by atoms with Crippen molar-refractivity contribution in [3.8, 4) is 5.75 Å². The number of rotatable bonds is 5. The Bertz CT molecular complexity index is 681. The number of nitrogens with zero attached hydrogens (tertiary/aromatic N) is 1. The minimum atomic E-state index is -1.08. The first kappa shape index (κ1) is 14.9. The lowest BCUT2D eigenvalue weighted by Crippen LogP contribution is -2.20. The molecule has 0 saturated heterocycles. The zero-order valence-electron chi connectivity index (χ0n) is 11.2. The van der Waals surface area contributed by atoms with Crippen LogP contribution in [0.3, 0.4) is 0 Å². The lowest BCUT2D eigenvalue weighted by Gasteiger charge is -2.09. The van der Waals surface area contributed by atoms with Crippen LogP contribution in [0.2, 0.25) is 5.02 Å². The molecule has 110 valence electrons. The Morgan fingerprint density at radius 2 is 2.14 bits per heavy atom. The van der Waals surface area contributed by atoms with E-state index < -0.39 is 5.97 Å². The van der Waals surface area contributed by atoms with Crippen LogP contribution in [0.25, 0.3) is 0 Å². The Morgan fingerprint density at radius 3 is 2.76 bits per heavy atom. The summed E-state index contributed by atoms with van der Waals surface area (Å²) < 4.78 is 6.37. The van der Waals surface area contributed by atoms with Crippen LogP contribution >= 0.6 is 11.6 Å². The topological polar surface area (TPSA) is 80.6 Å². The van der Waals surface area contributed by atoms with Crippen LogP contribution in [0.1, 0.15) is 10.5 Å². The summed E-state index contributed by atoms with van der Waals surface area (Å²) in [5.41, 5.74) is 0.563. The molecule has 0 spiro atoms. The highest BCUT2D eigenvalue weighted by molar-refractivity contribution is 6.32. The van der Waals surface area contributed by atoms with Gasteiger partial charge < -0.3 is 19.7 Å². The number of aromatic nitrogens is 1. The molecule has 2 aromatic rings. The molecule has 1 aromatic heterocycles. The zero-order chi connectivity index (χ0) is 15.4. The molecule has 1 amide bonds. The molecule has 0 atom stereocenters. The smallest absolute Gasteiger partial charge is 0.352 e. The largest absolute Gasteiger partial charge is 0.495 e. The van der Waals surface area contributed by atoms with Gasteiger partial charge in [0.2, 0.25) is 5.91 Å². The number of halogens is 1. The molecule has 2 rings (SSSR count). The van der Waals surface area contributed by atoms with Crippen molar-refractivity contribution in [2.24, 2.45) is 0 Å². The van der Waals surface area contributed by atoms with Crippen molar-refractivity contribution in [2.75, 3.05) is 12.4 Å². The maximum absolute atomic E-state index is 11.9. The van der Waals surface area contributed by atoms with Crippen LogP contribution in [0.15, 0.2) is 36.5 Å². The number of aromatic carboxylic acids is 1. The number of carbonyl (C=O) groups excluding carboxylic acids is 1. The number of ether oxygens (including phenoxy) is 1. The highest BCUT2D eigenvalue weighted by Crippen LogP contribution is 2.27. The maximum Gasteiger partial charge on any atom is 0.352 e. The Kier molecular flexibility index (Phi) is 4.49. The van der Waals surface area contributed by atoms with E-state index in [1.807, 2.05) is 0 Å². The summed E-state index contributed by atoms with van der Waals surface area (Å²) in [6, 6.07) is 7.85. The van der Waals surface area contributed by atoms with E-state index in [0.29, 0.717) is 16.5 Å². The van der Waals surface area contributed by atoms with Gasteiger partial charge in [-0.15, -0.1) is 0 Å². The number of benzene rings is 1. The van der Waals surface area contributed by atoms with Gasteiger partial charge >= 0.3 is 5.97 Å². The van der Waals surface area contributed by atoms with Gasteiger partial charge in [-0.25, -0.2) is 4.79 Å². The molecule has 0 fully saturated rings. The van der Waals surface area contributed by atoms with E-state index in [0.717, 1.165) is 0 Å². The molecule has 6 nitrogen and oxygen atoms in total. The SMILES string of the molecule is COc1ccc(NC(=O)Cn2cccc2C(=O)O)cc1Cl. The molecule has 0 aliphatic heterocycles. The van der Waals surface area contributed by atoms with E-state index in [2.05, 4.69) is 5.32 Å². The van der Waals surface area contributed by atoms with Gasteiger partial charge in [0.15, 0.2) is 0 Å². The van der Waals surface area contributed by atoms with Crippen molar-refractivity contribution in [1.29, 1.82) is 0 Å². The second-order valence-corrected chi connectivity index (χ2v) is 4.63. The monoisotopic (exact) mass is 308 g/mol. The number of methoxy groups -OCH3 is 1. The van der Waals surface area contributed by atoms with Gasteiger partial charge in [0.05, 0.1) is 12.1 Å². The molecule has 0 aliphatic rings. The number of hydrogen-bond acceptors (Lipinski definition) is 3. The summed E-state index contributed by atoms with van der Waals surface area (Å²) in [6.45, 7) is -0.0989. The van der Waals surface area contributed by atoms with E-state index in [9.17, 15) is 9.59 Å². The first-order chi connectivity index (χ1) is 10.0. The van der Waals surface area contributed by atoms with Gasteiger partial charge in [-0.05, 0) is 30.3 Å². The Labute approximate surface area is 125 Å². The molecule has 21 heavy (non-hydrogen) atoms. The second kappa shape index (κ2) is 6.32. The molecule has 0 bridgehead atoms. The van der Waals surface area contributed by atoms with Crippen molar-refractivity contribution in [3.63, 3.8) is 0 Å². The Morgan fingerprint density at radius 1 is 1.38 bits per heavy atom. The number of nitrogens with one attached hydrogen (secondary N) is 1. The third kappa shape index (κ3) is 3.55. The first-order valence-electron chi connectivity index (χ1n) is 6.03. The van der Waals surface area contributed by atoms with Gasteiger partial charge in [0.1, 0.15) is 18.0 Å². The predicted molar refractivity (Wildman–Crippen MR) is 78.0 cm³/mol. The normalized spacial score (nSPS) is 10.2. The number of anilines is 1. The standard InChI is InChI=1S/C14H13ClN2O4/c1-21-12-5-4-9(7-10(12)15)16-13(18)8-17-6-2-3-11(17)14(19)20/h2-7H,8H2,1H3,(H,16,18)(H,19,20). The predicted octanol–water partition coefficient (Wildman–Crippen LogP) is 2.49. The minimum absolute atomic E-state index is 0.0536. The van der Waals surface area contributed by atoms with Gasteiger partial charge in [0.25, 0.3) is 0 Å². The molecule has 1 aromatic carbocycles. The first-order valence-corrected chi connectivity index (χ1v) is 6.41. The quantitative estimate of drug-likeness (QED) is 0.889. The van der Waals surface area contributed by atoms with Crippen molar-refractivity contribution in [3.05, 3.63) is 47.2 Å². The molecule has 0 aliphatic carbocycles. The highest BCUT2D eigenvalue weighted by atomic mass is 35.5. The lowest BCUT2D eigenvalue weighted by atomic mass is 10.3. The fourth-order valence-corrected chi connectivity index (χ4v) is 2.10. The average Bonchev–Trinajstić information content (AvgIpc) is 2.87. The Balaban J connectivity index is 2.06. The van der Waals surface area contributed by atoms with Gasteiger partial charge in [-0.2, -0.15) is 0 Å². The molecule has 7 heteroatoms. The van der Waals surface area contributed by atoms with Crippen molar-refractivity contribution in [1.82, 2.24) is 4.57 Å². The van der Waals surface area contributed by atoms with Crippen LogP contribution < -0.4 is 10.1 Å². The van der Waals surface area contributed by atoms with Crippen LogP contribution in [-0.4, -0.2) is 28.7 Å². The van der Waals surface area contributed by atoms with E-state index >= 15 is 0 Å². The van der Waals surface area contributed by atoms with E-state index in [1.54, 1.807) is 24.3 Å². The summed E-state index contributed by atoms with van der Waals surface area (Å²) in [6.07, 6.45) is 1.53. The number of carbonyl (C=O) groups is 2. The zero-order valence-corrected chi connectivity index (χ0v) is 11.9. The lowest BCUT2D eigenvalue weighted by molar-refractivity contribution is -0.116. The van der Waals surface area contributed by atoms with E-state index in [4.69, 9.17) is 21.4 Å². The van der Waals surface area contributed by atoms with Crippen LogP contribution in [0.5, 0.6) is 5.75 Å². The third-order valence-corrected chi connectivity index (χ3v) is 3.09. The van der Waals surface area contributed by atoms with Gasteiger partial charge in [-0.1, -0.05) is 11.6 Å². The molecular weight excluding hydrogens is 296 g/mol. The summed E-state index contributed by atoms with van der Waals surface area (Å²) >= 11 is 5.96. The van der Waals surface area contributed by atoms with Crippen LogP contribution in [0.4, 0.5) is 5.69 Å². The van der Waals surface area contributed by atoms with Crippen molar-refractivity contribution < 1.29 is 19.4 Å². The van der Waals surface area contributed by atoms with Gasteiger partial charge in [0, 0.05) is 11.9 Å². The number of carboxylic acids is 1. The number of carboxylic acid groups (broad SMARTS) is 1. The summed E-state index contributed by atoms with van der Waals surface area (Å²) in [5.74, 6) is -0.927. The maximum atomic E-state index is 11.9. The fourth-order valence-electron chi connectivity index (χ4n) is 1.85. The molecule has 0 radical (unpaired) electrons. The second-order valence-electron chi connectivity index (χ2n) is 4.22. The third-order valence-electron chi connectivity index (χ3n) is 2.80. The molecule has 2 N–H and O–H groups in total. The van der Waals surface area contributed by atoms with Crippen molar-refractivity contribution >= 4 is 29.2 Å². The molecule has 1 heterocycles. The molecular formula is C14H13ClN2O4. The van der Waals surface area contributed by atoms with Crippen LogP contribution in [0, 0.1) is 0 Å². The molecule has 0 saturated carbocycles. The number of hydrogen-bond donors (Lipinski definition) is 2. The summed E-state index contributed by atoms with van der Waals surface area (Å²) in [5, 5.41) is 12.0. The van der Waals surface area contributed by atoms with E-state index in [-0.39, 0.29) is 18.1 Å².